The maximum atomic E-state index is 12.2. The number of fused-ring (bicyclic) bond motifs is 1. The number of hydrogen-bond donors (Lipinski definition) is 1. The largest absolute Gasteiger partial charge is 0.507 e. The van der Waals surface area contributed by atoms with Crippen LogP contribution in [0.3, 0.4) is 0 Å². The molecule has 0 aliphatic carbocycles. The normalized spacial score (nSPS) is 11.3. The van der Waals surface area contributed by atoms with Crippen LogP contribution in [0.25, 0.3) is 10.9 Å². The van der Waals surface area contributed by atoms with E-state index in [-0.39, 0.29) is 5.78 Å². The van der Waals surface area contributed by atoms with E-state index >= 15 is 0 Å². The van der Waals surface area contributed by atoms with Gasteiger partial charge in [0, 0.05) is 13.5 Å². The zero-order valence-corrected chi connectivity index (χ0v) is 14.4. The monoisotopic (exact) mass is 375 g/mol. The van der Waals surface area contributed by atoms with Crippen LogP contribution in [0.5, 0.6) is 11.5 Å². The van der Waals surface area contributed by atoms with Gasteiger partial charge in [0.25, 0.3) is 1.43 Å². The van der Waals surface area contributed by atoms with Gasteiger partial charge in [0.1, 0.15) is 17.2 Å². The number of nitrogens with zero attached hydrogens (tertiary/aromatic N) is 1. The van der Waals surface area contributed by atoms with E-state index in [9.17, 15) is 4.79 Å². The molecule has 0 amide bonds. The second kappa shape index (κ2) is 6.08. The number of ketones is 1. The highest BCUT2D eigenvalue weighted by Gasteiger charge is 2.21. The SMILES string of the molecule is [3H]Oc1cccc2c1c(Br)c(C(C)=O)n2Cc1cccc(OC)c1. The summed E-state index contributed by atoms with van der Waals surface area (Å²) in [5.74, 6) is 1.12. The molecule has 0 spiro atoms. The van der Waals surface area contributed by atoms with Crippen LogP contribution in [0.15, 0.2) is 46.9 Å². The molecule has 0 aliphatic rings. The van der Waals surface area contributed by atoms with Crippen molar-refractivity contribution in [2.45, 2.75) is 13.5 Å². The van der Waals surface area contributed by atoms with Crippen LogP contribution in [-0.2, 0) is 6.54 Å². The molecule has 3 rings (SSSR count). The smallest absolute Gasteiger partial charge is 0.293 e. The summed E-state index contributed by atoms with van der Waals surface area (Å²) >= 11 is 3.51. The fourth-order valence-corrected chi connectivity index (χ4v) is 3.68. The Bertz CT molecular complexity index is 920. The summed E-state index contributed by atoms with van der Waals surface area (Å²) < 4.78 is 15.1. The van der Waals surface area contributed by atoms with E-state index in [2.05, 4.69) is 15.9 Å². The minimum absolute atomic E-state index is 0.0584. The van der Waals surface area contributed by atoms with Gasteiger partial charge in [-0.1, -0.05) is 18.2 Å². The number of halogens is 1. The van der Waals surface area contributed by atoms with Crippen molar-refractivity contribution >= 4 is 32.6 Å². The predicted octanol–water partition coefficient (Wildman–Crippen LogP) is 4.37. The molecule has 0 radical (unpaired) electrons. The first kappa shape index (κ1) is 14.3. The molecule has 1 heterocycles. The summed E-state index contributed by atoms with van der Waals surface area (Å²) in [6.07, 6.45) is 0. The summed E-state index contributed by atoms with van der Waals surface area (Å²) in [4.78, 5) is 12.2. The van der Waals surface area contributed by atoms with Gasteiger partial charge >= 0.3 is 0 Å². The molecule has 1 N–H and O–H groups in total. The van der Waals surface area contributed by atoms with Gasteiger partial charge in [-0.3, -0.25) is 4.79 Å². The summed E-state index contributed by atoms with van der Waals surface area (Å²) in [5, 5.41) is 5.44. The van der Waals surface area contributed by atoms with Gasteiger partial charge in [0.15, 0.2) is 5.78 Å². The highest BCUT2D eigenvalue weighted by Crippen LogP contribution is 2.37. The Balaban J connectivity index is 2.22. The van der Waals surface area contributed by atoms with Gasteiger partial charge in [-0.25, -0.2) is 0 Å². The molecule has 4 nitrogen and oxygen atoms in total. The Labute approximate surface area is 143 Å². The first-order valence-corrected chi connectivity index (χ1v) is 7.93. The molecule has 0 saturated carbocycles. The van der Waals surface area contributed by atoms with Crippen molar-refractivity contribution in [1.82, 2.24) is 4.57 Å². The quantitative estimate of drug-likeness (QED) is 0.673. The lowest BCUT2D eigenvalue weighted by Gasteiger charge is -2.10. The van der Waals surface area contributed by atoms with Crippen LogP contribution in [0, 0.1) is 0 Å². The summed E-state index contributed by atoms with van der Waals surface area (Å²) in [7, 11) is 1.62. The van der Waals surface area contributed by atoms with E-state index in [1.807, 2.05) is 41.0 Å². The molecule has 0 fully saturated rings. The molecule has 5 heteroatoms. The minimum atomic E-state index is -0.0584. The van der Waals surface area contributed by atoms with Crippen LogP contribution in [0.4, 0.5) is 0 Å². The topological polar surface area (TPSA) is 51.5 Å². The van der Waals surface area contributed by atoms with Crippen LogP contribution < -0.4 is 4.74 Å². The van der Waals surface area contributed by atoms with Crippen LogP contribution in [-0.4, -0.2) is 24.0 Å². The second-order valence-electron chi connectivity index (χ2n) is 5.31. The molecule has 23 heavy (non-hydrogen) atoms. The number of ether oxygens (including phenoxy) is 1. The van der Waals surface area contributed by atoms with E-state index in [4.69, 9.17) is 11.3 Å². The lowest BCUT2D eigenvalue weighted by atomic mass is 10.2. The molecule has 0 atom stereocenters. The molecule has 0 unspecified atom stereocenters. The fourth-order valence-electron chi connectivity index (χ4n) is 2.78. The summed E-state index contributed by atoms with van der Waals surface area (Å²) in [5.41, 5.74) is 2.40. The number of phenols is 1. The average Bonchev–Trinajstić information content (AvgIpc) is 2.87. The molecular formula is C18H16BrNO3. The van der Waals surface area contributed by atoms with Gasteiger partial charge < -0.3 is 14.4 Å². The number of methoxy groups -OCH3 is 1. The van der Waals surface area contributed by atoms with Crippen LogP contribution in [0.2, 0.25) is 0 Å². The number of phenolic OH excluding ortho intramolecular Hbond substituents is 1. The predicted molar refractivity (Wildman–Crippen MR) is 93.4 cm³/mol. The summed E-state index contributed by atoms with van der Waals surface area (Å²) in [6, 6.07) is 13.1. The standard InChI is InChI=1S/C18H16BrNO3/c1-11(21)18-17(19)16-14(7-4-8-15(16)22)20(18)10-12-5-3-6-13(9-12)23-2/h3-9,22H,10H2,1-2H3/i/hT. The molecule has 0 bridgehead atoms. The van der Waals surface area contributed by atoms with Crippen molar-refractivity contribution in [2.24, 2.45) is 0 Å². The van der Waals surface area contributed by atoms with Gasteiger partial charge in [0.05, 0.1) is 22.5 Å². The minimum Gasteiger partial charge on any atom is -0.507 e. The third-order valence-corrected chi connectivity index (χ3v) is 4.57. The van der Waals surface area contributed by atoms with Crippen LogP contribution in [0.1, 0.15) is 23.0 Å². The van der Waals surface area contributed by atoms with Crippen molar-refractivity contribution in [2.75, 3.05) is 7.11 Å². The number of aromatic nitrogens is 1. The van der Waals surface area contributed by atoms with E-state index in [1.165, 1.54) is 6.92 Å². The van der Waals surface area contributed by atoms with E-state index < -0.39 is 0 Å². The third kappa shape index (κ3) is 2.72. The maximum Gasteiger partial charge on any atom is 0.293 e. The number of hydrogen-bond acceptors (Lipinski definition) is 3. The van der Waals surface area contributed by atoms with Crippen molar-refractivity contribution < 1.29 is 14.6 Å². The van der Waals surface area contributed by atoms with Crippen LogP contribution >= 0.6 is 15.9 Å². The molecule has 0 aliphatic heterocycles. The second-order valence-corrected chi connectivity index (χ2v) is 6.10. The van der Waals surface area contributed by atoms with Gasteiger partial charge in [-0.15, -0.1) is 0 Å². The molecular weight excluding hydrogens is 358 g/mol. The van der Waals surface area contributed by atoms with Crippen molar-refractivity contribution in [1.29, 1.82) is 1.43 Å². The number of aromatic hydroxyl groups is 1. The summed E-state index contributed by atoms with van der Waals surface area (Å²) in [6.45, 7) is 2.04. The highest BCUT2D eigenvalue weighted by atomic mass is 79.9. The maximum absolute atomic E-state index is 12.2. The fraction of sp³-hybridized carbons (Fsp3) is 0.167. The Morgan fingerprint density at radius 2 is 2.13 bits per heavy atom. The van der Waals surface area contributed by atoms with Crippen molar-refractivity contribution in [3.63, 3.8) is 0 Å². The van der Waals surface area contributed by atoms with Crippen molar-refractivity contribution in [3.05, 3.63) is 58.2 Å². The zero-order valence-electron chi connectivity index (χ0n) is 13.8. The number of rotatable bonds is 5. The first-order chi connectivity index (χ1) is 11.6. The molecule has 0 saturated heterocycles. The number of benzene rings is 2. The molecule has 2 aromatic carbocycles. The van der Waals surface area contributed by atoms with Gasteiger partial charge in [-0.05, 0) is 45.8 Å². The van der Waals surface area contributed by atoms with E-state index in [0.29, 0.717) is 22.5 Å². The molecule has 3 aromatic rings. The highest BCUT2D eigenvalue weighted by molar-refractivity contribution is 9.10. The number of carbonyl (C=O) groups is 1. The lowest BCUT2D eigenvalue weighted by molar-refractivity contribution is 0.100. The Kier molecular flexibility index (Phi) is 3.79. The molecule has 1 aromatic heterocycles. The van der Waals surface area contributed by atoms with E-state index in [1.54, 1.807) is 13.2 Å². The van der Waals surface area contributed by atoms with Gasteiger partial charge in [0.2, 0.25) is 0 Å². The van der Waals surface area contributed by atoms with E-state index in [0.717, 1.165) is 22.2 Å². The lowest BCUT2D eigenvalue weighted by Crippen LogP contribution is -2.08. The number of Topliss-reactive ketones (excluding diaryl/α,β-unsaturated/α-hetero) is 1. The number of carbonyl (C=O) groups excluding carboxylic acids is 1. The third-order valence-electron chi connectivity index (χ3n) is 3.80. The van der Waals surface area contributed by atoms with Crippen molar-refractivity contribution in [3.8, 4) is 11.5 Å². The zero-order chi connectivity index (χ0) is 17.3. The Morgan fingerprint density at radius 1 is 1.35 bits per heavy atom. The molecule has 118 valence electrons. The Hall–Kier alpha value is -2.27. The first-order valence-electron chi connectivity index (χ1n) is 7.55. The average molecular weight is 376 g/mol. The van der Waals surface area contributed by atoms with Gasteiger partial charge in [-0.2, -0.15) is 0 Å². The Morgan fingerprint density at radius 3 is 2.83 bits per heavy atom.